The van der Waals surface area contributed by atoms with Gasteiger partial charge in [0.1, 0.15) is 0 Å². The summed E-state index contributed by atoms with van der Waals surface area (Å²) in [5.74, 6) is 0. The SMILES string of the molecule is Cc1cc(N)cc(C)c1S(=O)(=O)NCC(C)(C)CCCO. The Morgan fingerprint density at radius 3 is 2.24 bits per heavy atom. The van der Waals surface area contributed by atoms with Gasteiger partial charge in [0.2, 0.25) is 10.0 Å². The number of hydrogen-bond donors (Lipinski definition) is 3. The maximum absolute atomic E-state index is 12.5. The third-order valence-corrected chi connectivity index (χ3v) is 5.21. The van der Waals surface area contributed by atoms with E-state index in [9.17, 15) is 8.42 Å². The minimum Gasteiger partial charge on any atom is -0.399 e. The van der Waals surface area contributed by atoms with Crippen molar-refractivity contribution in [3.05, 3.63) is 23.3 Å². The lowest BCUT2D eigenvalue weighted by atomic mass is 9.88. The molecule has 120 valence electrons. The number of nitrogens with one attached hydrogen (secondary N) is 1. The fourth-order valence-corrected chi connectivity index (χ4v) is 4.11. The Bertz CT molecular complexity index is 572. The number of benzene rings is 1. The number of nitrogen functional groups attached to an aromatic ring is 1. The van der Waals surface area contributed by atoms with Crippen LogP contribution < -0.4 is 10.5 Å². The van der Waals surface area contributed by atoms with Crippen LogP contribution in [0.2, 0.25) is 0 Å². The highest BCUT2D eigenvalue weighted by Gasteiger charge is 2.24. The molecule has 0 saturated carbocycles. The summed E-state index contributed by atoms with van der Waals surface area (Å²) in [7, 11) is -3.56. The van der Waals surface area contributed by atoms with Gasteiger partial charge in [0.25, 0.3) is 0 Å². The lowest BCUT2D eigenvalue weighted by molar-refractivity contribution is 0.242. The van der Waals surface area contributed by atoms with Gasteiger partial charge in [-0.05, 0) is 55.4 Å². The zero-order valence-electron chi connectivity index (χ0n) is 13.2. The first kappa shape index (κ1) is 17.9. The summed E-state index contributed by atoms with van der Waals surface area (Å²) in [5.41, 5.74) is 7.38. The van der Waals surface area contributed by atoms with Crippen molar-refractivity contribution in [1.82, 2.24) is 4.72 Å². The molecule has 1 rings (SSSR count). The predicted molar refractivity (Wildman–Crippen MR) is 85.6 cm³/mol. The van der Waals surface area contributed by atoms with Gasteiger partial charge in [-0.15, -0.1) is 0 Å². The summed E-state index contributed by atoms with van der Waals surface area (Å²) < 4.78 is 27.7. The molecule has 0 spiro atoms. The topological polar surface area (TPSA) is 92.4 Å². The van der Waals surface area contributed by atoms with E-state index < -0.39 is 10.0 Å². The smallest absolute Gasteiger partial charge is 0.241 e. The molecule has 21 heavy (non-hydrogen) atoms. The van der Waals surface area contributed by atoms with Gasteiger partial charge in [-0.1, -0.05) is 13.8 Å². The van der Waals surface area contributed by atoms with Crippen molar-refractivity contribution >= 4 is 15.7 Å². The molecule has 0 amide bonds. The van der Waals surface area contributed by atoms with Gasteiger partial charge in [0.15, 0.2) is 0 Å². The van der Waals surface area contributed by atoms with E-state index in [4.69, 9.17) is 10.8 Å². The Hall–Kier alpha value is -1.11. The van der Waals surface area contributed by atoms with Crippen LogP contribution in [0, 0.1) is 19.3 Å². The fraction of sp³-hybridized carbons (Fsp3) is 0.600. The van der Waals surface area contributed by atoms with Gasteiger partial charge >= 0.3 is 0 Å². The molecule has 0 atom stereocenters. The summed E-state index contributed by atoms with van der Waals surface area (Å²) in [6.45, 7) is 7.90. The lowest BCUT2D eigenvalue weighted by Gasteiger charge is -2.25. The molecule has 0 radical (unpaired) electrons. The molecule has 0 aliphatic carbocycles. The molecule has 6 heteroatoms. The highest BCUT2D eigenvalue weighted by molar-refractivity contribution is 7.89. The first-order valence-electron chi connectivity index (χ1n) is 7.06. The number of aliphatic hydroxyl groups excluding tert-OH is 1. The average Bonchev–Trinajstić information content (AvgIpc) is 2.33. The van der Waals surface area contributed by atoms with Crippen LogP contribution in [-0.2, 0) is 10.0 Å². The first-order chi connectivity index (χ1) is 9.59. The van der Waals surface area contributed by atoms with E-state index in [1.165, 1.54) is 0 Å². The fourth-order valence-electron chi connectivity index (χ4n) is 2.42. The largest absolute Gasteiger partial charge is 0.399 e. The molecule has 0 aliphatic rings. The number of aryl methyl sites for hydroxylation is 2. The summed E-state index contributed by atoms with van der Waals surface area (Å²) in [6.07, 6.45) is 1.42. The number of sulfonamides is 1. The van der Waals surface area contributed by atoms with Gasteiger partial charge in [0, 0.05) is 18.8 Å². The number of hydrogen-bond acceptors (Lipinski definition) is 4. The van der Waals surface area contributed by atoms with Crippen LogP contribution >= 0.6 is 0 Å². The van der Waals surface area contributed by atoms with Crippen LogP contribution in [0.25, 0.3) is 0 Å². The van der Waals surface area contributed by atoms with Crippen molar-refractivity contribution in [1.29, 1.82) is 0 Å². The van der Waals surface area contributed by atoms with Crippen LogP contribution in [0.15, 0.2) is 17.0 Å². The van der Waals surface area contributed by atoms with Crippen molar-refractivity contribution in [3.63, 3.8) is 0 Å². The number of anilines is 1. The molecule has 0 aromatic heterocycles. The molecule has 0 bridgehead atoms. The highest BCUT2D eigenvalue weighted by Crippen LogP contribution is 2.25. The van der Waals surface area contributed by atoms with Crippen molar-refractivity contribution in [2.45, 2.75) is 45.4 Å². The third-order valence-electron chi connectivity index (χ3n) is 3.50. The molecular formula is C15H26N2O3S. The molecule has 0 unspecified atom stereocenters. The van der Waals surface area contributed by atoms with Gasteiger partial charge in [-0.25, -0.2) is 13.1 Å². The molecule has 0 heterocycles. The van der Waals surface area contributed by atoms with Gasteiger partial charge < -0.3 is 10.8 Å². The molecule has 0 saturated heterocycles. The Morgan fingerprint density at radius 2 is 1.76 bits per heavy atom. The van der Waals surface area contributed by atoms with E-state index in [0.29, 0.717) is 34.7 Å². The van der Waals surface area contributed by atoms with E-state index >= 15 is 0 Å². The maximum atomic E-state index is 12.5. The highest BCUT2D eigenvalue weighted by atomic mass is 32.2. The first-order valence-corrected chi connectivity index (χ1v) is 8.55. The summed E-state index contributed by atoms with van der Waals surface area (Å²) in [6, 6.07) is 3.33. The predicted octanol–water partition coefficient (Wildman–Crippen LogP) is 1.96. The van der Waals surface area contributed by atoms with E-state index in [1.54, 1.807) is 26.0 Å². The Morgan fingerprint density at radius 1 is 1.24 bits per heavy atom. The average molecular weight is 314 g/mol. The molecule has 0 aliphatic heterocycles. The Kier molecular flexibility index (Phi) is 5.78. The summed E-state index contributed by atoms with van der Waals surface area (Å²) >= 11 is 0. The second kappa shape index (κ2) is 6.77. The second-order valence-corrected chi connectivity index (χ2v) is 8.00. The van der Waals surface area contributed by atoms with Crippen LogP contribution in [-0.4, -0.2) is 26.7 Å². The molecule has 4 N–H and O–H groups in total. The number of aliphatic hydroxyl groups is 1. The molecule has 5 nitrogen and oxygen atoms in total. The molecule has 1 aromatic carbocycles. The van der Waals surface area contributed by atoms with Crippen LogP contribution in [0.4, 0.5) is 5.69 Å². The molecule has 1 aromatic rings. The monoisotopic (exact) mass is 314 g/mol. The zero-order valence-corrected chi connectivity index (χ0v) is 14.0. The van der Waals surface area contributed by atoms with E-state index in [1.807, 2.05) is 13.8 Å². The van der Waals surface area contributed by atoms with Crippen molar-refractivity contribution in [3.8, 4) is 0 Å². The lowest BCUT2D eigenvalue weighted by Crippen LogP contribution is -2.34. The summed E-state index contributed by atoms with van der Waals surface area (Å²) in [5, 5.41) is 8.88. The normalized spacial score (nSPS) is 12.6. The van der Waals surface area contributed by atoms with E-state index in [0.717, 1.165) is 6.42 Å². The third kappa shape index (κ3) is 4.98. The van der Waals surface area contributed by atoms with Crippen LogP contribution in [0.3, 0.4) is 0 Å². The Labute approximate surface area is 127 Å². The summed E-state index contributed by atoms with van der Waals surface area (Å²) in [4.78, 5) is 0.301. The minimum absolute atomic E-state index is 0.117. The van der Waals surface area contributed by atoms with Crippen molar-refractivity contribution in [2.24, 2.45) is 5.41 Å². The minimum atomic E-state index is -3.56. The van der Waals surface area contributed by atoms with Crippen LogP contribution in [0.5, 0.6) is 0 Å². The molecular weight excluding hydrogens is 288 g/mol. The number of nitrogens with two attached hydrogens (primary N) is 1. The maximum Gasteiger partial charge on any atom is 0.241 e. The van der Waals surface area contributed by atoms with Crippen LogP contribution in [0.1, 0.15) is 37.8 Å². The van der Waals surface area contributed by atoms with Gasteiger partial charge in [-0.3, -0.25) is 0 Å². The van der Waals surface area contributed by atoms with Crippen molar-refractivity contribution < 1.29 is 13.5 Å². The standard InChI is InChI=1S/C15H26N2O3S/c1-11-8-13(16)9-12(2)14(11)21(19,20)17-10-15(3,4)6-5-7-18/h8-9,17-18H,5-7,10,16H2,1-4H3. The Balaban J connectivity index is 2.93. The van der Waals surface area contributed by atoms with E-state index in [2.05, 4.69) is 4.72 Å². The molecule has 0 fully saturated rings. The zero-order chi connectivity index (χ0) is 16.3. The number of rotatable bonds is 7. The quantitative estimate of drug-likeness (QED) is 0.671. The van der Waals surface area contributed by atoms with Gasteiger partial charge in [-0.2, -0.15) is 0 Å². The second-order valence-electron chi connectivity index (χ2n) is 6.30. The van der Waals surface area contributed by atoms with E-state index in [-0.39, 0.29) is 12.0 Å². The van der Waals surface area contributed by atoms with Gasteiger partial charge in [0.05, 0.1) is 4.90 Å². The van der Waals surface area contributed by atoms with Crippen molar-refractivity contribution in [2.75, 3.05) is 18.9 Å².